The third-order valence-corrected chi connectivity index (χ3v) is 5.24. The Morgan fingerprint density at radius 1 is 1.00 bits per heavy atom. The van der Waals surface area contributed by atoms with E-state index in [1.165, 1.54) is 6.42 Å². The fourth-order valence-electron chi connectivity index (χ4n) is 3.74. The number of rotatable bonds is 6. The lowest BCUT2D eigenvalue weighted by molar-refractivity contribution is -0.133. The van der Waals surface area contributed by atoms with Gasteiger partial charge in [0, 0.05) is 13.1 Å². The van der Waals surface area contributed by atoms with E-state index in [-0.39, 0.29) is 11.8 Å². The average Bonchev–Trinajstić information content (AvgIpc) is 2.68. The lowest BCUT2D eigenvalue weighted by Crippen LogP contribution is -2.41. The smallest absolute Gasteiger partial charge is 0.234 e. The van der Waals surface area contributed by atoms with Gasteiger partial charge in [-0.1, -0.05) is 60.7 Å². The zero-order valence-corrected chi connectivity index (χ0v) is 15.0. The molecule has 1 N–H and O–H groups in total. The molecule has 0 unspecified atom stereocenters. The van der Waals surface area contributed by atoms with Crippen LogP contribution in [0.15, 0.2) is 60.7 Å². The molecule has 3 rings (SSSR count). The molecular weight excluding hydrogens is 308 g/mol. The molecule has 1 amide bonds. The van der Waals surface area contributed by atoms with Crippen molar-refractivity contribution < 1.29 is 4.79 Å². The number of likely N-dealkylation sites (tertiary alicyclic amines) is 1. The molecule has 0 saturated carbocycles. The maximum absolute atomic E-state index is 13.3. The number of hydrogen-bond donors (Lipinski definition) is 1. The number of amides is 1. The van der Waals surface area contributed by atoms with Crippen molar-refractivity contribution in [1.29, 1.82) is 0 Å². The van der Waals surface area contributed by atoms with Gasteiger partial charge in [0.25, 0.3) is 0 Å². The van der Waals surface area contributed by atoms with Gasteiger partial charge >= 0.3 is 0 Å². The molecule has 1 fully saturated rings. The van der Waals surface area contributed by atoms with Crippen molar-refractivity contribution in [3.63, 3.8) is 0 Å². The van der Waals surface area contributed by atoms with E-state index in [0.717, 1.165) is 49.5 Å². The summed E-state index contributed by atoms with van der Waals surface area (Å²) in [6.45, 7) is 2.82. The van der Waals surface area contributed by atoms with Gasteiger partial charge in [0.1, 0.15) is 0 Å². The summed E-state index contributed by atoms with van der Waals surface area (Å²) in [4.78, 5) is 15.4. The monoisotopic (exact) mass is 336 g/mol. The highest BCUT2D eigenvalue weighted by atomic mass is 16.2. The van der Waals surface area contributed by atoms with Gasteiger partial charge in [-0.15, -0.1) is 0 Å². The number of carbonyl (C=O) groups is 1. The Morgan fingerprint density at radius 2 is 1.52 bits per heavy atom. The van der Waals surface area contributed by atoms with Crippen LogP contribution in [0.1, 0.15) is 36.3 Å². The van der Waals surface area contributed by atoms with E-state index in [2.05, 4.69) is 34.5 Å². The quantitative estimate of drug-likeness (QED) is 0.873. The molecule has 3 heteroatoms. The molecule has 0 bridgehead atoms. The van der Waals surface area contributed by atoms with E-state index in [1.54, 1.807) is 0 Å². The first-order chi connectivity index (χ1) is 12.3. The largest absolute Gasteiger partial charge is 0.342 e. The highest BCUT2D eigenvalue weighted by molar-refractivity contribution is 5.87. The van der Waals surface area contributed by atoms with Crippen LogP contribution in [0.3, 0.4) is 0 Å². The van der Waals surface area contributed by atoms with Gasteiger partial charge in [0.05, 0.1) is 5.92 Å². The molecule has 2 aromatic rings. The van der Waals surface area contributed by atoms with E-state index in [1.807, 2.05) is 43.4 Å². The van der Waals surface area contributed by atoms with Gasteiger partial charge in [-0.2, -0.15) is 0 Å². The topological polar surface area (TPSA) is 32.3 Å². The van der Waals surface area contributed by atoms with Crippen molar-refractivity contribution in [1.82, 2.24) is 10.2 Å². The molecule has 0 atom stereocenters. The number of benzene rings is 2. The van der Waals surface area contributed by atoms with Crippen LogP contribution in [0.25, 0.3) is 0 Å². The second-order valence-electron chi connectivity index (χ2n) is 6.92. The number of piperidine rings is 1. The molecular formula is C22H28N2O. The van der Waals surface area contributed by atoms with Crippen LogP contribution in [-0.4, -0.2) is 37.5 Å². The summed E-state index contributed by atoms with van der Waals surface area (Å²) >= 11 is 0. The summed E-state index contributed by atoms with van der Waals surface area (Å²) in [5.41, 5.74) is 2.16. The maximum Gasteiger partial charge on any atom is 0.234 e. The molecule has 0 radical (unpaired) electrons. The summed E-state index contributed by atoms with van der Waals surface area (Å²) in [5.74, 6) is 0.782. The van der Waals surface area contributed by atoms with Gasteiger partial charge in [-0.3, -0.25) is 4.79 Å². The summed E-state index contributed by atoms with van der Waals surface area (Å²) in [6.07, 6.45) is 3.44. The van der Waals surface area contributed by atoms with E-state index >= 15 is 0 Å². The lowest BCUT2D eigenvalue weighted by atomic mass is 9.88. The van der Waals surface area contributed by atoms with Gasteiger partial charge in [-0.05, 0) is 49.9 Å². The normalized spacial score (nSPS) is 15.5. The summed E-state index contributed by atoms with van der Waals surface area (Å²) in [5, 5.41) is 3.23. The average molecular weight is 336 g/mol. The van der Waals surface area contributed by atoms with E-state index < -0.39 is 0 Å². The van der Waals surface area contributed by atoms with Crippen molar-refractivity contribution in [3.8, 4) is 0 Å². The number of nitrogens with zero attached hydrogens (tertiary/aromatic N) is 1. The van der Waals surface area contributed by atoms with Crippen LogP contribution in [0.4, 0.5) is 0 Å². The predicted molar refractivity (Wildman–Crippen MR) is 103 cm³/mol. The van der Waals surface area contributed by atoms with E-state index in [9.17, 15) is 4.79 Å². The first kappa shape index (κ1) is 17.7. The first-order valence-electron chi connectivity index (χ1n) is 9.33. The molecule has 1 aliphatic rings. The number of carbonyl (C=O) groups excluding carboxylic acids is 1. The number of hydrogen-bond acceptors (Lipinski definition) is 2. The van der Waals surface area contributed by atoms with Crippen molar-refractivity contribution in [2.75, 3.05) is 26.7 Å². The summed E-state index contributed by atoms with van der Waals surface area (Å²) < 4.78 is 0. The van der Waals surface area contributed by atoms with Crippen LogP contribution in [-0.2, 0) is 4.79 Å². The van der Waals surface area contributed by atoms with E-state index in [4.69, 9.17) is 0 Å². The van der Waals surface area contributed by atoms with Crippen LogP contribution in [0, 0.1) is 5.92 Å². The van der Waals surface area contributed by atoms with Crippen LogP contribution in [0.5, 0.6) is 0 Å². The van der Waals surface area contributed by atoms with Crippen molar-refractivity contribution >= 4 is 5.91 Å². The molecule has 25 heavy (non-hydrogen) atoms. The standard InChI is InChI=1S/C22H28N2O/c1-23-15-12-18-13-16-24(17-14-18)22(25)21(19-8-4-2-5-9-19)20-10-6-3-7-11-20/h2-11,18,21,23H,12-17H2,1H3. The molecule has 1 heterocycles. The van der Waals surface area contributed by atoms with Gasteiger partial charge in [0.15, 0.2) is 0 Å². The molecule has 2 aromatic carbocycles. The third-order valence-electron chi connectivity index (χ3n) is 5.24. The Balaban J connectivity index is 1.75. The Labute approximate surface area is 151 Å². The minimum Gasteiger partial charge on any atom is -0.342 e. The molecule has 0 spiro atoms. The third kappa shape index (κ3) is 4.49. The minimum absolute atomic E-state index is 0.198. The fraction of sp³-hybridized carbons (Fsp3) is 0.409. The predicted octanol–water partition coefficient (Wildman–Crippen LogP) is 3.67. The van der Waals surface area contributed by atoms with Crippen LogP contribution >= 0.6 is 0 Å². The summed E-state index contributed by atoms with van der Waals surface area (Å²) in [7, 11) is 2.00. The molecule has 1 aliphatic heterocycles. The zero-order valence-electron chi connectivity index (χ0n) is 15.0. The minimum atomic E-state index is -0.198. The van der Waals surface area contributed by atoms with Gasteiger partial charge in [-0.25, -0.2) is 0 Å². The highest BCUT2D eigenvalue weighted by Gasteiger charge is 2.30. The molecule has 3 nitrogen and oxygen atoms in total. The van der Waals surface area contributed by atoms with Gasteiger partial charge < -0.3 is 10.2 Å². The van der Waals surface area contributed by atoms with Crippen molar-refractivity contribution in [3.05, 3.63) is 71.8 Å². The Kier molecular flexibility index (Phi) is 6.24. The molecule has 1 saturated heterocycles. The molecule has 0 aliphatic carbocycles. The van der Waals surface area contributed by atoms with E-state index in [0.29, 0.717) is 0 Å². The van der Waals surface area contributed by atoms with Gasteiger partial charge in [0.2, 0.25) is 5.91 Å². The highest BCUT2D eigenvalue weighted by Crippen LogP contribution is 2.29. The molecule has 0 aromatic heterocycles. The Hall–Kier alpha value is -2.13. The lowest BCUT2D eigenvalue weighted by Gasteiger charge is -2.34. The zero-order chi connectivity index (χ0) is 17.5. The summed E-state index contributed by atoms with van der Waals surface area (Å²) in [6, 6.07) is 20.3. The SMILES string of the molecule is CNCCC1CCN(C(=O)C(c2ccccc2)c2ccccc2)CC1. The van der Waals surface area contributed by atoms with Crippen LogP contribution in [0.2, 0.25) is 0 Å². The molecule has 132 valence electrons. The Morgan fingerprint density at radius 3 is 2.00 bits per heavy atom. The van der Waals surface area contributed by atoms with Crippen molar-refractivity contribution in [2.45, 2.75) is 25.2 Å². The van der Waals surface area contributed by atoms with Crippen molar-refractivity contribution in [2.24, 2.45) is 5.92 Å². The Bertz CT molecular complexity index is 609. The second-order valence-corrected chi connectivity index (χ2v) is 6.92. The second kappa shape index (κ2) is 8.82. The maximum atomic E-state index is 13.3. The number of nitrogens with one attached hydrogen (secondary N) is 1. The first-order valence-corrected chi connectivity index (χ1v) is 9.33. The van der Waals surface area contributed by atoms with Crippen LogP contribution < -0.4 is 5.32 Å². The fourth-order valence-corrected chi connectivity index (χ4v) is 3.74.